The summed E-state index contributed by atoms with van der Waals surface area (Å²) in [4.78, 5) is 11.1. The highest BCUT2D eigenvalue weighted by molar-refractivity contribution is 5.89. The molecule has 1 aromatic rings. The molecule has 0 bridgehead atoms. The number of carboxylic acid groups (broad SMARTS) is 1. The molecule has 0 amide bonds. The Morgan fingerprint density at radius 3 is 2.44 bits per heavy atom. The Hall–Kier alpha value is -1.39. The summed E-state index contributed by atoms with van der Waals surface area (Å²) in [7, 11) is 0. The lowest BCUT2D eigenvalue weighted by atomic mass is 9.93. The normalized spacial score (nSPS) is 14.5. The molecule has 0 saturated carbocycles. The first-order valence-electron chi connectivity index (χ1n) is 6.19. The van der Waals surface area contributed by atoms with Gasteiger partial charge in [-0.15, -0.1) is 0 Å². The summed E-state index contributed by atoms with van der Waals surface area (Å²) < 4.78 is 0. The van der Waals surface area contributed by atoms with Gasteiger partial charge in [0.2, 0.25) is 0 Å². The summed E-state index contributed by atoms with van der Waals surface area (Å²) in [5, 5.41) is 19.1. The van der Waals surface area contributed by atoms with Crippen LogP contribution in [0.1, 0.15) is 48.7 Å². The summed E-state index contributed by atoms with van der Waals surface area (Å²) in [5.74, 6) is -0.529. The van der Waals surface area contributed by atoms with Crippen molar-refractivity contribution < 1.29 is 15.0 Å². The van der Waals surface area contributed by atoms with E-state index in [9.17, 15) is 9.90 Å². The van der Waals surface area contributed by atoms with Crippen molar-refractivity contribution in [3.8, 4) is 0 Å². The van der Waals surface area contributed by atoms with E-state index in [1.807, 2.05) is 0 Å². The van der Waals surface area contributed by atoms with Gasteiger partial charge in [0.15, 0.2) is 0 Å². The van der Waals surface area contributed by atoms with E-state index in [4.69, 9.17) is 10.8 Å². The Balaban J connectivity index is 2.83. The van der Waals surface area contributed by atoms with Crippen molar-refractivity contribution >= 4 is 5.97 Å². The van der Waals surface area contributed by atoms with Crippen molar-refractivity contribution in [2.45, 2.75) is 38.8 Å². The van der Waals surface area contributed by atoms with Gasteiger partial charge in [-0.2, -0.15) is 0 Å². The van der Waals surface area contributed by atoms with Crippen molar-refractivity contribution in [3.63, 3.8) is 0 Å². The zero-order valence-corrected chi connectivity index (χ0v) is 10.8. The Morgan fingerprint density at radius 1 is 1.28 bits per heavy atom. The second kappa shape index (κ2) is 6.52. The standard InChI is InChI=1S/C14H21NO3/c1-9(2)7-8-12(16)13(15)10-5-3-4-6-11(10)14(17)18/h3-6,9,12-13,16H,7-8,15H2,1-2H3,(H,17,18)/t12-,13+/m0/s1. The monoisotopic (exact) mass is 251 g/mol. The lowest BCUT2D eigenvalue weighted by Crippen LogP contribution is -2.28. The molecule has 18 heavy (non-hydrogen) atoms. The van der Waals surface area contributed by atoms with Crippen molar-refractivity contribution in [2.75, 3.05) is 0 Å². The van der Waals surface area contributed by atoms with Crippen LogP contribution in [0.3, 0.4) is 0 Å². The number of aliphatic hydroxyl groups is 1. The van der Waals surface area contributed by atoms with Crippen LogP contribution in [0.15, 0.2) is 24.3 Å². The van der Waals surface area contributed by atoms with Gasteiger partial charge in [0, 0.05) is 0 Å². The number of hydrogen-bond acceptors (Lipinski definition) is 3. The molecule has 0 saturated heterocycles. The molecular weight excluding hydrogens is 230 g/mol. The minimum Gasteiger partial charge on any atom is -0.478 e. The smallest absolute Gasteiger partial charge is 0.336 e. The first-order chi connectivity index (χ1) is 8.43. The van der Waals surface area contributed by atoms with Crippen LogP contribution in [0.5, 0.6) is 0 Å². The molecular formula is C14H21NO3. The number of carboxylic acids is 1. The molecule has 0 aromatic heterocycles. The summed E-state index contributed by atoms with van der Waals surface area (Å²) in [6.07, 6.45) is 0.726. The fraction of sp³-hybridized carbons (Fsp3) is 0.500. The van der Waals surface area contributed by atoms with Crippen LogP contribution in [0, 0.1) is 5.92 Å². The highest BCUT2D eigenvalue weighted by Crippen LogP contribution is 2.22. The van der Waals surface area contributed by atoms with Crippen molar-refractivity contribution in [1.29, 1.82) is 0 Å². The fourth-order valence-corrected chi connectivity index (χ4v) is 1.87. The molecule has 0 aliphatic rings. The molecule has 0 heterocycles. The van der Waals surface area contributed by atoms with Gasteiger partial charge < -0.3 is 15.9 Å². The Morgan fingerprint density at radius 2 is 1.89 bits per heavy atom. The number of nitrogens with two attached hydrogens (primary N) is 1. The van der Waals surface area contributed by atoms with E-state index >= 15 is 0 Å². The zero-order chi connectivity index (χ0) is 13.7. The van der Waals surface area contributed by atoms with E-state index in [2.05, 4.69) is 13.8 Å². The number of aliphatic hydroxyl groups excluding tert-OH is 1. The molecule has 100 valence electrons. The topological polar surface area (TPSA) is 83.5 Å². The van der Waals surface area contributed by atoms with E-state index in [-0.39, 0.29) is 5.56 Å². The van der Waals surface area contributed by atoms with E-state index in [1.165, 1.54) is 6.07 Å². The maximum Gasteiger partial charge on any atom is 0.336 e. The van der Waals surface area contributed by atoms with Gasteiger partial charge in [-0.05, 0) is 30.4 Å². The fourth-order valence-electron chi connectivity index (χ4n) is 1.87. The number of aromatic carboxylic acids is 1. The van der Waals surface area contributed by atoms with Gasteiger partial charge in [-0.25, -0.2) is 4.79 Å². The van der Waals surface area contributed by atoms with Gasteiger partial charge >= 0.3 is 5.97 Å². The number of carbonyl (C=O) groups is 1. The molecule has 4 N–H and O–H groups in total. The third kappa shape index (κ3) is 3.82. The zero-order valence-electron chi connectivity index (χ0n) is 10.8. The van der Waals surface area contributed by atoms with Crippen molar-refractivity contribution in [3.05, 3.63) is 35.4 Å². The lowest BCUT2D eigenvalue weighted by Gasteiger charge is -2.21. The number of hydrogen-bond donors (Lipinski definition) is 3. The van der Waals surface area contributed by atoms with Crippen molar-refractivity contribution in [2.24, 2.45) is 11.7 Å². The van der Waals surface area contributed by atoms with Crippen LogP contribution in [0.25, 0.3) is 0 Å². The summed E-state index contributed by atoms with van der Waals surface area (Å²) >= 11 is 0. The largest absolute Gasteiger partial charge is 0.478 e. The first-order valence-corrected chi connectivity index (χ1v) is 6.19. The van der Waals surface area contributed by atoms with E-state index < -0.39 is 18.1 Å². The van der Waals surface area contributed by atoms with Gasteiger partial charge in [-0.3, -0.25) is 0 Å². The second-order valence-electron chi connectivity index (χ2n) is 4.96. The SMILES string of the molecule is CC(C)CC[C@H](O)[C@H](N)c1ccccc1C(=O)O. The average Bonchev–Trinajstić information content (AvgIpc) is 2.34. The Kier molecular flexibility index (Phi) is 5.31. The lowest BCUT2D eigenvalue weighted by molar-refractivity contribution is 0.0692. The van der Waals surface area contributed by atoms with Crippen LogP contribution in [-0.2, 0) is 0 Å². The molecule has 0 spiro atoms. The summed E-state index contributed by atoms with van der Waals surface area (Å²) in [5.41, 5.74) is 6.60. The quantitative estimate of drug-likeness (QED) is 0.723. The van der Waals surface area contributed by atoms with Crippen LogP contribution in [0.4, 0.5) is 0 Å². The Labute approximate surface area is 107 Å². The maximum absolute atomic E-state index is 11.1. The highest BCUT2D eigenvalue weighted by Gasteiger charge is 2.21. The molecule has 1 aromatic carbocycles. The van der Waals surface area contributed by atoms with Crippen LogP contribution >= 0.6 is 0 Å². The average molecular weight is 251 g/mol. The molecule has 0 fully saturated rings. The van der Waals surface area contributed by atoms with Crippen LogP contribution in [0.2, 0.25) is 0 Å². The molecule has 2 atom stereocenters. The molecule has 0 aliphatic carbocycles. The second-order valence-corrected chi connectivity index (χ2v) is 4.96. The highest BCUT2D eigenvalue weighted by atomic mass is 16.4. The Bertz CT molecular complexity index is 404. The molecule has 0 radical (unpaired) electrons. The third-order valence-electron chi connectivity index (χ3n) is 3.00. The third-order valence-corrected chi connectivity index (χ3v) is 3.00. The first kappa shape index (κ1) is 14.7. The van der Waals surface area contributed by atoms with Gasteiger partial charge in [0.05, 0.1) is 17.7 Å². The van der Waals surface area contributed by atoms with E-state index in [0.29, 0.717) is 17.9 Å². The van der Waals surface area contributed by atoms with Gasteiger partial charge in [-0.1, -0.05) is 32.0 Å². The summed E-state index contributed by atoms with van der Waals surface area (Å²) in [6.45, 7) is 4.15. The van der Waals surface area contributed by atoms with E-state index in [1.54, 1.807) is 18.2 Å². The molecule has 4 heteroatoms. The minimum absolute atomic E-state index is 0.161. The molecule has 1 rings (SSSR count). The number of benzene rings is 1. The predicted molar refractivity (Wildman–Crippen MR) is 70.4 cm³/mol. The molecule has 0 unspecified atom stereocenters. The van der Waals surface area contributed by atoms with Gasteiger partial charge in [0.25, 0.3) is 0 Å². The van der Waals surface area contributed by atoms with E-state index in [0.717, 1.165) is 6.42 Å². The van der Waals surface area contributed by atoms with Crippen LogP contribution in [-0.4, -0.2) is 22.3 Å². The summed E-state index contributed by atoms with van der Waals surface area (Å²) in [6, 6.07) is 5.90. The number of rotatable bonds is 6. The van der Waals surface area contributed by atoms with Crippen molar-refractivity contribution in [1.82, 2.24) is 0 Å². The maximum atomic E-state index is 11.1. The van der Waals surface area contributed by atoms with Crippen LogP contribution < -0.4 is 5.73 Å². The van der Waals surface area contributed by atoms with Gasteiger partial charge in [0.1, 0.15) is 0 Å². The minimum atomic E-state index is -1.02. The predicted octanol–water partition coefficient (Wildman–Crippen LogP) is 2.18. The molecule has 0 aliphatic heterocycles. The molecule has 4 nitrogen and oxygen atoms in total.